The first-order chi connectivity index (χ1) is 9.21. The van der Waals surface area contributed by atoms with Gasteiger partial charge >= 0.3 is 12.0 Å². The van der Waals surface area contributed by atoms with Gasteiger partial charge in [0, 0.05) is 19.1 Å². The number of likely N-dealkylation sites (tertiary alicyclic amines) is 1. The van der Waals surface area contributed by atoms with Crippen LogP contribution in [0.15, 0.2) is 0 Å². The zero-order chi connectivity index (χ0) is 15.5. The van der Waals surface area contributed by atoms with E-state index >= 15 is 0 Å². The third-order valence-electron chi connectivity index (χ3n) is 4.01. The van der Waals surface area contributed by atoms with Gasteiger partial charge in [-0.05, 0) is 26.7 Å². The van der Waals surface area contributed by atoms with Gasteiger partial charge in [0.15, 0.2) is 0 Å². The van der Waals surface area contributed by atoms with Crippen molar-refractivity contribution >= 4 is 17.9 Å². The summed E-state index contributed by atoms with van der Waals surface area (Å²) in [6.07, 6.45) is 1.18. The monoisotopic (exact) mass is 285 g/mol. The third-order valence-corrected chi connectivity index (χ3v) is 4.01. The van der Waals surface area contributed by atoms with Crippen LogP contribution < -0.4 is 5.73 Å². The fourth-order valence-corrected chi connectivity index (χ4v) is 2.29. The first kappa shape index (κ1) is 16.3. The molecule has 1 rings (SSSR count). The molecule has 0 bridgehead atoms. The van der Waals surface area contributed by atoms with Crippen molar-refractivity contribution in [2.45, 2.75) is 39.7 Å². The number of primary amides is 1. The van der Waals surface area contributed by atoms with Crippen LogP contribution >= 0.6 is 0 Å². The van der Waals surface area contributed by atoms with Crippen molar-refractivity contribution in [3.8, 4) is 0 Å². The molecule has 3 amide bonds. The lowest BCUT2D eigenvalue weighted by Crippen LogP contribution is -2.49. The van der Waals surface area contributed by atoms with Gasteiger partial charge in [-0.25, -0.2) is 4.79 Å². The van der Waals surface area contributed by atoms with Gasteiger partial charge in [-0.3, -0.25) is 9.59 Å². The summed E-state index contributed by atoms with van der Waals surface area (Å²) in [6.45, 7) is 5.76. The smallest absolute Gasteiger partial charge is 0.323 e. The van der Waals surface area contributed by atoms with Crippen LogP contribution in [0.3, 0.4) is 0 Å². The molecule has 0 saturated carbocycles. The van der Waals surface area contributed by atoms with Crippen LogP contribution in [-0.2, 0) is 9.59 Å². The predicted octanol–water partition coefficient (Wildman–Crippen LogP) is 0.489. The Labute approximate surface area is 118 Å². The Bertz CT molecular complexity index is 412. The highest BCUT2D eigenvalue weighted by Crippen LogP contribution is 2.30. The minimum absolute atomic E-state index is 0.168. The van der Waals surface area contributed by atoms with Crippen LogP contribution in [0.25, 0.3) is 0 Å². The summed E-state index contributed by atoms with van der Waals surface area (Å²) in [7, 11) is 0. The highest BCUT2D eigenvalue weighted by atomic mass is 16.4. The molecular weight excluding hydrogens is 262 g/mol. The van der Waals surface area contributed by atoms with E-state index in [1.165, 1.54) is 9.80 Å². The minimum Gasteiger partial charge on any atom is -0.480 e. The van der Waals surface area contributed by atoms with E-state index in [2.05, 4.69) is 0 Å². The summed E-state index contributed by atoms with van der Waals surface area (Å²) in [5, 5.41) is 8.92. The summed E-state index contributed by atoms with van der Waals surface area (Å²) in [5.74, 6) is -1.48. The molecule has 1 heterocycles. The molecular formula is C13H23N3O4. The van der Waals surface area contributed by atoms with Gasteiger partial charge in [-0.15, -0.1) is 0 Å². The molecule has 2 unspecified atom stereocenters. The SMILES string of the molecule is CCC(C)N(CC(=O)O)C(=O)N1CCC(C)(C(N)=O)C1. The lowest BCUT2D eigenvalue weighted by molar-refractivity contribution is -0.138. The van der Waals surface area contributed by atoms with E-state index in [4.69, 9.17) is 10.8 Å². The number of urea groups is 1. The highest BCUT2D eigenvalue weighted by molar-refractivity contribution is 5.84. The third kappa shape index (κ3) is 3.40. The van der Waals surface area contributed by atoms with Crippen molar-refractivity contribution in [3.63, 3.8) is 0 Å². The van der Waals surface area contributed by atoms with Gasteiger partial charge in [0.05, 0.1) is 5.41 Å². The maximum absolute atomic E-state index is 12.4. The number of nitrogens with two attached hydrogens (primary N) is 1. The van der Waals surface area contributed by atoms with E-state index in [0.29, 0.717) is 19.4 Å². The number of nitrogens with zero attached hydrogens (tertiary/aromatic N) is 2. The number of aliphatic carboxylic acids is 1. The summed E-state index contributed by atoms with van der Waals surface area (Å²) < 4.78 is 0. The van der Waals surface area contributed by atoms with E-state index in [1.54, 1.807) is 6.92 Å². The Kier molecular flexibility index (Phi) is 4.97. The number of amides is 3. The second-order valence-electron chi connectivity index (χ2n) is 5.66. The van der Waals surface area contributed by atoms with E-state index in [0.717, 1.165) is 0 Å². The second-order valence-corrected chi connectivity index (χ2v) is 5.66. The van der Waals surface area contributed by atoms with Crippen molar-refractivity contribution in [3.05, 3.63) is 0 Å². The van der Waals surface area contributed by atoms with Gasteiger partial charge in [0.25, 0.3) is 0 Å². The van der Waals surface area contributed by atoms with Crippen LogP contribution in [0.5, 0.6) is 0 Å². The largest absolute Gasteiger partial charge is 0.480 e. The standard InChI is InChI=1S/C13H23N3O4/c1-4-9(2)16(7-10(17)18)12(20)15-6-5-13(3,8-15)11(14)19/h9H,4-8H2,1-3H3,(H2,14,19)(H,17,18). The Hall–Kier alpha value is -1.79. The number of carbonyl (C=O) groups is 3. The van der Waals surface area contributed by atoms with E-state index < -0.39 is 17.3 Å². The van der Waals surface area contributed by atoms with Crippen molar-refractivity contribution in [1.82, 2.24) is 9.80 Å². The average Bonchev–Trinajstić information content (AvgIpc) is 2.78. The molecule has 2 atom stereocenters. The maximum Gasteiger partial charge on any atom is 0.323 e. The Balaban J connectivity index is 2.81. The zero-order valence-electron chi connectivity index (χ0n) is 12.3. The highest BCUT2D eigenvalue weighted by Gasteiger charge is 2.42. The first-order valence-electron chi connectivity index (χ1n) is 6.78. The first-order valence-corrected chi connectivity index (χ1v) is 6.78. The van der Waals surface area contributed by atoms with Crippen molar-refractivity contribution in [2.75, 3.05) is 19.6 Å². The fraction of sp³-hybridized carbons (Fsp3) is 0.769. The molecule has 0 radical (unpaired) electrons. The molecule has 1 saturated heterocycles. The molecule has 20 heavy (non-hydrogen) atoms. The molecule has 3 N–H and O–H groups in total. The number of hydrogen-bond acceptors (Lipinski definition) is 3. The fourth-order valence-electron chi connectivity index (χ4n) is 2.29. The Morgan fingerprint density at radius 3 is 2.45 bits per heavy atom. The van der Waals surface area contributed by atoms with Gasteiger partial charge in [-0.2, -0.15) is 0 Å². The molecule has 1 aliphatic rings. The van der Waals surface area contributed by atoms with E-state index in [-0.39, 0.29) is 25.2 Å². The molecule has 7 nitrogen and oxygen atoms in total. The summed E-state index contributed by atoms with van der Waals surface area (Å²) in [6, 6.07) is -0.509. The Morgan fingerprint density at radius 1 is 1.45 bits per heavy atom. The molecule has 0 aliphatic carbocycles. The van der Waals surface area contributed by atoms with Crippen LogP contribution in [0, 0.1) is 5.41 Å². The maximum atomic E-state index is 12.4. The summed E-state index contributed by atoms with van der Waals surface area (Å²) >= 11 is 0. The Morgan fingerprint density at radius 2 is 2.05 bits per heavy atom. The minimum atomic E-state index is -1.05. The number of hydrogen-bond donors (Lipinski definition) is 2. The van der Waals surface area contributed by atoms with Gasteiger partial charge in [0.1, 0.15) is 6.54 Å². The number of carboxylic acids is 1. The van der Waals surface area contributed by atoms with Crippen molar-refractivity contribution in [2.24, 2.45) is 11.1 Å². The zero-order valence-corrected chi connectivity index (χ0v) is 12.3. The second kappa shape index (κ2) is 6.11. The topological polar surface area (TPSA) is 104 Å². The van der Waals surface area contributed by atoms with E-state index in [1.807, 2.05) is 13.8 Å². The molecule has 1 aliphatic heterocycles. The van der Waals surface area contributed by atoms with Gasteiger partial charge < -0.3 is 20.6 Å². The normalized spacial score (nSPS) is 23.4. The lowest BCUT2D eigenvalue weighted by atomic mass is 9.89. The van der Waals surface area contributed by atoms with Crippen LogP contribution in [-0.4, -0.2) is 58.5 Å². The van der Waals surface area contributed by atoms with Gasteiger partial charge in [-0.1, -0.05) is 6.92 Å². The van der Waals surface area contributed by atoms with E-state index in [9.17, 15) is 14.4 Å². The predicted molar refractivity (Wildman–Crippen MR) is 73.0 cm³/mol. The molecule has 1 fully saturated rings. The molecule has 0 aromatic carbocycles. The summed E-state index contributed by atoms with van der Waals surface area (Å²) in [5.41, 5.74) is 4.63. The average molecular weight is 285 g/mol. The number of rotatable bonds is 5. The molecule has 0 aromatic heterocycles. The summed E-state index contributed by atoms with van der Waals surface area (Å²) in [4.78, 5) is 37.6. The lowest BCUT2D eigenvalue weighted by Gasteiger charge is -2.32. The molecule has 7 heteroatoms. The van der Waals surface area contributed by atoms with Crippen LogP contribution in [0.4, 0.5) is 4.79 Å². The van der Waals surface area contributed by atoms with Crippen molar-refractivity contribution in [1.29, 1.82) is 0 Å². The van der Waals surface area contributed by atoms with Gasteiger partial charge in [0.2, 0.25) is 5.91 Å². The van der Waals surface area contributed by atoms with Crippen LogP contribution in [0.1, 0.15) is 33.6 Å². The molecule has 0 aromatic rings. The van der Waals surface area contributed by atoms with Crippen LogP contribution in [0.2, 0.25) is 0 Å². The number of carboxylic acid groups (broad SMARTS) is 1. The van der Waals surface area contributed by atoms with Crippen molar-refractivity contribution < 1.29 is 19.5 Å². The number of carbonyl (C=O) groups excluding carboxylic acids is 2. The molecule has 114 valence electrons. The molecule has 0 spiro atoms. The quantitative estimate of drug-likeness (QED) is 0.767.